The van der Waals surface area contributed by atoms with Gasteiger partial charge >= 0.3 is 6.18 Å². The first-order valence-electron chi connectivity index (χ1n) is 5.64. The number of aryl methyl sites for hydroxylation is 1. The van der Waals surface area contributed by atoms with Crippen molar-refractivity contribution in [3.8, 4) is 11.8 Å². The lowest BCUT2D eigenvalue weighted by Crippen LogP contribution is -2.16. The van der Waals surface area contributed by atoms with Crippen LogP contribution in [-0.2, 0) is 6.18 Å². The van der Waals surface area contributed by atoms with Crippen LogP contribution in [0.1, 0.15) is 16.8 Å². The Hall–Kier alpha value is -2.55. The zero-order chi connectivity index (χ0) is 14.9. The van der Waals surface area contributed by atoms with Gasteiger partial charge in [0.05, 0.1) is 11.3 Å². The van der Waals surface area contributed by atoms with Gasteiger partial charge in [-0.05, 0) is 19.1 Å². The summed E-state index contributed by atoms with van der Waals surface area (Å²) in [6.07, 6.45) is -3.39. The molecule has 0 radical (unpaired) electrons. The lowest BCUT2D eigenvalue weighted by atomic mass is 10.1. The lowest BCUT2D eigenvalue weighted by Gasteiger charge is -2.17. The van der Waals surface area contributed by atoms with E-state index in [-0.39, 0.29) is 11.3 Å². The molecule has 0 saturated carbocycles. The van der Waals surface area contributed by atoms with Crippen LogP contribution in [-0.4, -0.2) is 4.57 Å². The fourth-order valence-corrected chi connectivity index (χ4v) is 1.90. The summed E-state index contributed by atoms with van der Waals surface area (Å²) < 4.78 is 40.2. The van der Waals surface area contributed by atoms with Crippen molar-refractivity contribution in [2.24, 2.45) is 0 Å². The highest BCUT2D eigenvalue weighted by molar-refractivity contribution is 5.45. The van der Waals surface area contributed by atoms with Crippen LogP contribution in [0.3, 0.4) is 0 Å². The molecule has 2 aromatic rings. The van der Waals surface area contributed by atoms with Crippen LogP contribution in [0.5, 0.6) is 0 Å². The van der Waals surface area contributed by atoms with Crippen molar-refractivity contribution in [1.29, 1.82) is 5.26 Å². The highest BCUT2D eigenvalue weighted by Crippen LogP contribution is 2.33. The highest BCUT2D eigenvalue weighted by atomic mass is 19.4. The van der Waals surface area contributed by atoms with E-state index >= 15 is 0 Å². The maximum atomic E-state index is 13.0. The molecule has 0 spiro atoms. The molecule has 0 amide bonds. The second kappa shape index (κ2) is 4.85. The van der Waals surface area contributed by atoms with Gasteiger partial charge in [0.2, 0.25) is 0 Å². The van der Waals surface area contributed by atoms with E-state index in [4.69, 9.17) is 5.26 Å². The molecule has 0 N–H and O–H groups in total. The van der Waals surface area contributed by atoms with Crippen LogP contribution >= 0.6 is 0 Å². The van der Waals surface area contributed by atoms with Crippen LogP contribution in [0, 0.1) is 18.3 Å². The smallest absolute Gasteiger partial charge is 0.319 e. The van der Waals surface area contributed by atoms with E-state index in [1.165, 1.54) is 29.7 Å². The topological polar surface area (TPSA) is 45.8 Å². The Labute approximate surface area is 112 Å². The number of benzene rings is 1. The van der Waals surface area contributed by atoms with E-state index in [1.54, 1.807) is 6.07 Å². The molecule has 6 heteroatoms. The second-order valence-electron chi connectivity index (χ2n) is 4.19. The lowest BCUT2D eigenvalue weighted by molar-refractivity contribution is -0.137. The number of nitriles is 1. The molecular weight excluding hydrogens is 269 g/mol. The van der Waals surface area contributed by atoms with Gasteiger partial charge in [-0.3, -0.25) is 4.79 Å². The number of nitrogens with zero attached hydrogens (tertiary/aromatic N) is 2. The van der Waals surface area contributed by atoms with Crippen molar-refractivity contribution in [2.45, 2.75) is 13.1 Å². The van der Waals surface area contributed by atoms with Crippen molar-refractivity contribution in [1.82, 2.24) is 4.57 Å². The predicted molar refractivity (Wildman–Crippen MR) is 66.5 cm³/mol. The molecule has 0 bridgehead atoms. The molecule has 0 fully saturated rings. The van der Waals surface area contributed by atoms with E-state index in [1.807, 2.05) is 0 Å². The van der Waals surface area contributed by atoms with Gasteiger partial charge in [0.1, 0.15) is 11.6 Å². The van der Waals surface area contributed by atoms with Crippen molar-refractivity contribution in [2.75, 3.05) is 0 Å². The number of aromatic nitrogens is 1. The zero-order valence-corrected chi connectivity index (χ0v) is 10.4. The first kappa shape index (κ1) is 13.9. The van der Waals surface area contributed by atoms with Gasteiger partial charge in [-0.25, -0.2) is 0 Å². The Balaban J connectivity index is 2.77. The average Bonchev–Trinajstić information content (AvgIpc) is 2.38. The summed E-state index contributed by atoms with van der Waals surface area (Å²) in [5.41, 5.74) is -1.33. The van der Waals surface area contributed by atoms with Gasteiger partial charge < -0.3 is 4.57 Å². The van der Waals surface area contributed by atoms with E-state index in [2.05, 4.69) is 0 Å². The Morgan fingerprint density at radius 1 is 1.25 bits per heavy atom. The SMILES string of the molecule is Cc1cc(=O)c(C#N)cn1-c1ccccc1C(F)(F)F. The number of halogens is 3. The third-order valence-corrected chi connectivity index (χ3v) is 2.83. The summed E-state index contributed by atoms with van der Waals surface area (Å²) in [4.78, 5) is 11.5. The minimum absolute atomic E-state index is 0.117. The van der Waals surface area contributed by atoms with Crippen molar-refractivity contribution in [3.05, 3.63) is 63.6 Å². The van der Waals surface area contributed by atoms with Crippen LogP contribution in [0.25, 0.3) is 5.69 Å². The summed E-state index contributed by atoms with van der Waals surface area (Å²) in [7, 11) is 0. The maximum Gasteiger partial charge on any atom is 0.418 e. The van der Waals surface area contributed by atoms with Gasteiger partial charge in [0.25, 0.3) is 0 Å². The Morgan fingerprint density at radius 3 is 2.50 bits per heavy atom. The summed E-state index contributed by atoms with van der Waals surface area (Å²) in [6.45, 7) is 1.51. The minimum atomic E-state index is -4.51. The van der Waals surface area contributed by atoms with Gasteiger partial charge in [-0.15, -0.1) is 0 Å². The Bertz CT molecular complexity index is 754. The van der Waals surface area contributed by atoms with Crippen molar-refractivity contribution < 1.29 is 13.2 Å². The zero-order valence-electron chi connectivity index (χ0n) is 10.4. The molecule has 0 atom stereocenters. The molecular formula is C14H9F3N2O. The summed E-state index contributed by atoms with van der Waals surface area (Å²) in [5, 5.41) is 8.82. The molecule has 2 rings (SSSR count). The summed E-state index contributed by atoms with van der Waals surface area (Å²) in [5.74, 6) is 0. The predicted octanol–water partition coefficient (Wildman–Crippen LogP) is 3.04. The van der Waals surface area contributed by atoms with Gasteiger partial charge in [-0.2, -0.15) is 18.4 Å². The molecule has 1 aromatic heterocycles. The highest BCUT2D eigenvalue weighted by Gasteiger charge is 2.33. The van der Waals surface area contributed by atoms with Gasteiger partial charge in [-0.1, -0.05) is 12.1 Å². The first-order valence-corrected chi connectivity index (χ1v) is 5.64. The second-order valence-corrected chi connectivity index (χ2v) is 4.19. The molecule has 1 aromatic carbocycles. The maximum absolute atomic E-state index is 13.0. The Morgan fingerprint density at radius 2 is 1.90 bits per heavy atom. The van der Waals surface area contributed by atoms with Crippen molar-refractivity contribution >= 4 is 0 Å². The molecule has 0 unspecified atom stereocenters. The molecule has 20 heavy (non-hydrogen) atoms. The number of alkyl halides is 3. The van der Waals surface area contributed by atoms with E-state index in [0.29, 0.717) is 5.69 Å². The standard InChI is InChI=1S/C14H9F3N2O/c1-9-6-13(20)10(7-18)8-19(9)12-5-3-2-4-11(12)14(15,16)17/h2-6,8H,1H3. The largest absolute Gasteiger partial charge is 0.418 e. The van der Waals surface area contributed by atoms with Crippen molar-refractivity contribution in [3.63, 3.8) is 0 Å². The van der Waals surface area contributed by atoms with Crippen LogP contribution in [0.4, 0.5) is 13.2 Å². The van der Waals surface area contributed by atoms with E-state index in [0.717, 1.165) is 18.3 Å². The summed E-state index contributed by atoms with van der Waals surface area (Å²) in [6, 6.07) is 7.82. The van der Waals surface area contributed by atoms with Gasteiger partial charge in [0, 0.05) is 18.0 Å². The Kier molecular flexibility index (Phi) is 3.36. The quantitative estimate of drug-likeness (QED) is 0.804. The third-order valence-electron chi connectivity index (χ3n) is 2.83. The fraction of sp³-hybridized carbons (Fsp3) is 0.143. The molecule has 1 heterocycles. The first-order chi connectivity index (χ1) is 9.34. The number of hydrogen-bond acceptors (Lipinski definition) is 2. The number of hydrogen-bond donors (Lipinski definition) is 0. The number of rotatable bonds is 1. The minimum Gasteiger partial charge on any atom is -0.319 e. The van der Waals surface area contributed by atoms with Crippen LogP contribution < -0.4 is 5.43 Å². The monoisotopic (exact) mass is 278 g/mol. The van der Waals surface area contributed by atoms with E-state index in [9.17, 15) is 18.0 Å². The molecule has 3 nitrogen and oxygen atoms in total. The molecule has 0 aliphatic heterocycles. The normalized spacial score (nSPS) is 11.2. The van der Waals surface area contributed by atoms with Crippen LogP contribution in [0.15, 0.2) is 41.3 Å². The number of pyridine rings is 1. The molecule has 0 aliphatic rings. The van der Waals surface area contributed by atoms with E-state index < -0.39 is 17.2 Å². The fourth-order valence-electron chi connectivity index (χ4n) is 1.90. The van der Waals surface area contributed by atoms with Crippen LogP contribution in [0.2, 0.25) is 0 Å². The number of para-hydroxylation sites is 1. The molecule has 0 saturated heterocycles. The third kappa shape index (κ3) is 2.43. The summed E-state index contributed by atoms with van der Waals surface area (Å²) >= 11 is 0. The average molecular weight is 278 g/mol. The van der Waals surface area contributed by atoms with Gasteiger partial charge in [0.15, 0.2) is 5.43 Å². The molecule has 0 aliphatic carbocycles. The molecule has 102 valence electrons.